The third-order valence-electron chi connectivity index (χ3n) is 7.73. The number of phosphoric acid groups is 3. The minimum absolute atomic E-state index is 0.0170. The summed E-state index contributed by atoms with van der Waals surface area (Å²) >= 11 is 0. The molecular weight excluding hydrogens is 767 g/mol. The fraction of sp³-hybridized carbons (Fsp3) is 0.542. The SMILES string of the molecule is NCCCc1cc(C(=O)O)c[n+]([C@H]2O[C@@H](COP(=O)(O)OP(=O)([O-])OC[C@H]3O[C@@H](n4cnc5c(N)ncnc54)[C@H](OP(=O)(O)O)[C@@H]3O)[C@H](O)[C@@H]2O)c1. The van der Waals surface area contributed by atoms with E-state index in [0.29, 0.717) is 24.9 Å². The Morgan fingerprint density at radius 1 is 1.00 bits per heavy atom. The molecule has 52 heavy (non-hydrogen) atoms. The van der Waals surface area contributed by atoms with Crippen molar-refractivity contribution in [3.63, 3.8) is 0 Å². The third-order valence-corrected chi connectivity index (χ3v) is 10.8. The second-order valence-electron chi connectivity index (χ2n) is 11.4. The second-order valence-corrected chi connectivity index (χ2v) is 15.6. The number of phosphoric ester groups is 3. The van der Waals surface area contributed by atoms with Gasteiger partial charge < -0.3 is 65.5 Å². The number of nitrogens with zero attached hydrogens (tertiary/aromatic N) is 5. The molecule has 0 spiro atoms. The molecule has 0 aliphatic carbocycles. The summed E-state index contributed by atoms with van der Waals surface area (Å²) < 4.78 is 68.3. The van der Waals surface area contributed by atoms with E-state index in [1.54, 1.807) is 0 Å². The molecule has 0 amide bonds. The first-order valence-electron chi connectivity index (χ1n) is 14.9. The predicted octanol–water partition coefficient (Wildman–Crippen LogP) is -3.04. The Hall–Kier alpha value is -2.90. The number of hydrogen-bond donors (Lipinski definition) is 9. The molecule has 2 aliphatic rings. The monoisotopic (exact) mass is 801 g/mol. The number of imidazole rings is 1. The summed E-state index contributed by atoms with van der Waals surface area (Å²) in [4.78, 5) is 64.8. The Bertz CT molecular complexity index is 1920. The molecule has 0 radical (unpaired) electrons. The smallest absolute Gasteiger partial charge is 0.478 e. The number of carboxylic acids is 1. The Kier molecular flexibility index (Phi) is 12.3. The lowest BCUT2D eigenvalue weighted by atomic mass is 10.1. The van der Waals surface area contributed by atoms with Crippen LogP contribution in [0, 0.1) is 0 Å². The maximum Gasteiger partial charge on any atom is 0.478 e. The van der Waals surface area contributed by atoms with Gasteiger partial charge in [0.15, 0.2) is 36.2 Å². The molecule has 25 nitrogen and oxygen atoms in total. The number of carboxylic acid groups (broad SMARTS) is 1. The van der Waals surface area contributed by atoms with Gasteiger partial charge in [0.05, 0.1) is 19.5 Å². The highest BCUT2D eigenvalue weighted by atomic mass is 31.3. The third kappa shape index (κ3) is 9.42. The fourth-order valence-corrected chi connectivity index (χ4v) is 8.00. The molecule has 10 atom stereocenters. The van der Waals surface area contributed by atoms with Crippen LogP contribution >= 0.6 is 23.5 Å². The first-order chi connectivity index (χ1) is 24.3. The van der Waals surface area contributed by atoms with E-state index in [9.17, 15) is 58.5 Å². The number of hydrogen-bond acceptors (Lipinski definition) is 19. The summed E-state index contributed by atoms with van der Waals surface area (Å²) in [6.07, 6.45) is -8.07. The first-order valence-corrected chi connectivity index (χ1v) is 19.4. The maximum absolute atomic E-state index is 12.6. The van der Waals surface area contributed by atoms with Crippen LogP contribution in [-0.4, -0.2) is 117 Å². The molecule has 288 valence electrons. The summed E-state index contributed by atoms with van der Waals surface area (Å²) in [5, 5.41) is 41.4. The van der Waals surface area contributed by atoms with Crippen molar-refractivity contribution < 1.29 is 90.4 Å². The van der Waals surface area contributed by atoms with Gasteiger partial charge >= 0.3 is 21.6 Å². The van der Waals surface area contributed by atoms with E-state index in [-0.39, 0.29) is 22.5 Å². The lowest BCUT2D eigenvalue weighted by Gasteiger charge is -2.26. The molecule has 0 aromatic carbocycles. The van der Waals surface area contributed by atoms with E-state index in [4.69, 9.17) is 20.9 Å². The Balaban J connectivity index is 1.21. The van der Waals surface area contributed by atoms with Gasteiger partial charge in [0.1, 0.15) is 47.9 Å². The van der Waals surface area contributed by atoms with Crippen LogP contribution in [0.5, 0.6) is 0 Å². The Labute approximate surface area is 291 Å². The molecule has 5 heterocycles. The van der Waals surface area contributed by atoms with Crippen LogP contribution in [0.2, 0.25) is 0 Å². The summed E-state index contributed by atoms with van der Waals surface area (Å²) in [6, 6.07) is 1.38. The standard InChI is InChI=1S/C24H34N7O18P3/c25-3-1-2-11-4-12(24(35)36)6-30(5-11)22-18(34)16(32)13(46-22)7-44-51(40,41)49-52(42,43)45-8-14-17(33)19(48-50(37,38)39)23(47-14)31-10-29-15-20(26)27-9-28-21(15)31/h4-6,9-10,13-14,16-19,22-23,32-34H,1-3,7-8,25H2,(H6-,26,27,28,35,36,37,38,39,40,41,42,43)/t13-,14+,16-,17+,18-,19+,22-,23+/m0/s1. The highest BCUT2D eigenvalue weighted by molar-refractivity contribution is 7.60. The van der Waals surface area contributed by atoms with Crippen LogP contribution < -0.4 is 20.9 Å². The number of nitrogens with two attached hydrogens (primary N) is 2. The number of fused-ring (bicyclic) bond motifs is 1. The topological polar surface area (TPSA) is 388 Å². The number of anilines is 1. The van der Waals surface area contributed by atoms with Crippen molar-refractivity contribution in [3.8, 4) is 0 Å². The van der Waals surface area contributed by atoms with Crippen LogP contribution in [0.4, 0.5) is 5.82 Å². The lowest BCUT2D eigenvalue weighted by molar-refractivity contribution is -0.766. The molecule has 5 rings (SSSR count). The van der Waals surface area contributed by atoms with Crippen LogP contribution in [0.15, 0.2) is 31.1 Å². The number of pyridine rings is 1. The van der Waals surface area contributed by atoms with E-state index >= 15 is 0 Å². The average Bonchev–Trinajstić information content (AvgIpc) is 3.71. The van der Waals surface area contributed by atoms with Crippen molar-refractivity contribution in [1.82, 2.24) is 19.5 Å². The van der Waals surface area contributed by atoms with Crippen LogP contribution in [0.1, 0.15) is 34.8 Å². The van der Waals surface area contributed by atoms with Crippen molar-refractivity contribution in [2.75, 3.05) is 25.5 Å². The molecule has 0 saturated carbocycles. The molecular formula is C24H34N7O18P3. The predicted molar refractivity (Wildman–Crippen MR) is 164 cm³/mol. The minimum Gasteiger partial charge on any atom is -0.756 e. The van der Waals surface area contributed by atoms with Gasteiger partial charge in [-0.25, -0.2) is 33.2 Å². The van der Waals surface area contributed by atoms with Gasteiger partial charge in [0.25, 0.3) is 14.1 Å². The summed E-state index contributed by atoms with van der Waals surface area (Å²) in [5.41, 5.74) is 11.7. The van der Waals surface area contributed by atoms with Crippen molar-refractivity contribution in [2.45, 2.75) is 61.9 Å². The van der Waals surface area contributed by atoms with E-state index < -0.39 is 91.7 Å². The number of aromatic carboxylic acids is 1. The van der Waals surface area contributed by atoms with Crippen LogP contribution in [-0.2, 0) is 47.5 Å². The van der Waals surface area contributed by atoms with E-state index in [1.165, 1.54) is 16.8 Å². The van der Waals surface area contributed by atoms with Gasteiger partial charge in [0.2, 0.25) is 0 Å². The Morgan fingerprint density at radius 2 is 1.69 bits per heavy atom. The normalized spacial score (nSPS) is 28.9. The number of carbonyl (C=O) groups is 1. The molecule has 11 N–H and O–H groups in total. The molecule has 2 unspecified atom stereocenters. The molecule has 28 heteroatoms. The van der Waals surface area contributed by atoms with Gasteiger partial charge in [0, 0.05) is 5.56 Å². The number of rotatable bonds is 16. The number of nitrogen functional groups attached to an aromatic ring is 1. The summed E-state index contributed by atoms with van der Waals surface area (Å²) in [7, 11) is -16.7. The number of aryl methyl sites for hydroxylation is 1. The molecule has 3 aromatic heterocycles. The molecule has 2 aliphatic heterocycles. The number of aliphatic hydroxyl groups is 3. The van der Waals surface area contributed by atoms with Crippen LogP contribution in [0.3, 0.4) is 0 Å². The maximum atomic E-state index is 12.6. The lowest BCUT2D eigenvalue weighted by Crippen LogP contribution is -2.46. The summed E-state index contributed by atoms with van der Waals surface area (Å²) in [5.74, 6) is -1.37. The van der Waals surface area contributed by atoms with Gasteiger partial charge in [-0.05, 0) is 25.5 Å². The quantitative estimate of drug-likeness (QED) is 0.0513. The number of aromatic nitrogens is 5. The van der Waals surface area contributed by atoms with Crippen molar-refractivity contribution in [3.05, 3.63) is 42.2 Å². The molecule has 3 aromatic rings. The van der Waals surface area contributed by atoms with E-state index in [2.05, 4.69) is 32.8 Å². The molecule has 2 fully saturated rings. The first kappa shape index (κ1) is 40.3. The van der Waals surface area contributed by atoms with Crippen LogP contribution in [0.25, 0.3) is 11.2 Å². The van der Waals surface area contributed by atoms with E-state index in [0.717, 1.165) is 23.4 Å². The highest BCUT2D eigenvalue weighted by Crippen LogP contribution is 2.58. The number of aliphatic hydroxyl groups excluding tert-OH is 3. The zero-order chi connectivity index (χ0) is 38.2. The summed E-state index contributed by atoms with van der Waals surface area (Å²) in [6.45, 7) is -1.87. The van der Waals surface area contributed by atoms with Gasteiger partial charge in [-0.2, -0.15) is 4.57 Å². The molecule has 0 bridgehead atoms. The van der Waals surface area contributed by atoms with E-state index in [1.807, 2.05) is 0 Å². The van der Waals surface area contributed by atoms with Crippen molar-refractivity contribution in [1.29, 1.82) is 0 Å². The van der Waals surface area contributed by atoms with Gasteiger partial charge in [-0.3, -0.25) is 18.2 Å². The largest absolute Gasteiger partial charge is 0.756 e. The van der Waals surface area contributed by atoms with Crippen molar-refractivity contribution in [2.24, 2.45) is 5.73 Å². The number of ether oxygens (including phenoxy) is 2. The molecule has 2 saturated heterocycles. The zero-order valence-electron chi connectivity index (χ0n) is 26.4. The minimum atomic E-state index is -5.81. The van der Waals surface area contributed by atoms with Gasteiger partial charge in [-0.1, -0.05) is 0 Å². The van der Waals surface area contributed by atoms with Crippen molar-refractivity contribution >= 4 is 46.4 Å². The fourth-order valence-electron chi connectivity index (χ4n) is 5.40. The van der Waals surface area contributed by atoms with Gasteiger partial charge in [-0.15, -0.1) is 0 Å². The highest BCUT2D eigenvalue weighted by Gasteiger charge is 2.51. The Morgan fingerprint density at radius 3 is 2.37 bits per heavy atom. The second kappa shape index (κ2) is 15.8. The average molecular weight is 801 g/mol. The zero-order valence-corrected chi connectivity index (χ0v) is 29.1.